The summed E-state index contributed by atoms with van der Waals surface area (Å²) in [5.41, 5.74) is 6.60. The van der Waals surface area contributed by atoms with Gasteiger partial charge < -0.3 is 9.72 Å². The molecule has 0 unspecified atom stereocenters. The number of benzene rings is 2. The summed E-state index contributed by atoms with van der Waals surface area (Å²) in [6.45, 7) is 6.69. The van der Waals surface area contributed by atoms with Crippen LogP contribution in [0.1, 0.15) is 36.5 Å². The highest BCUT2D eigenvalue weighted by molar-refractivity contribution is 6.00. The first-order chi connectivity index (χ1) is 12.6. The molecule has 134 valence electrons. The van der Waals surface area contributed by atoms with E-state index in [1.165, 1.54) is 17.2 Å². The first-order valence-electron chi connectivity index (χ1n) is 9.12. The third kappa shape index (κ3) is 4.05. The molecular weight excluding hydrogens is 322 g/mol. The van der Waals surface area contributed by atoms with Crippen molar-refractivity contribution >= 4 is 22.9 Å². The number of aryl methyl sites for hydroxylation is 2. The predicted octanol–water partition coefficient (Wildman–Crippen LogP) is 5.81. The maximum absolute atomic E-state index is 12.0. The third-order valence-corrected chi connectivity index (χ3v) is 4.46. The minimum absolute atomic E-state index is 0.296. The van der Waals surface area contributed by atoms with Gasteiger partial charge in [0.15, 0.2) is 0 Å². The van der Waals surface area contributed by atoms with E-state index < -0.39 is 0 Å². The van der Waals surface area contributed by atoms with Gasteiger partial charge in [0.25, 0.3) is 0 Å². The van der Waals surface area contributed by atoms with Crippen molar-refractivity contribution in [1.82, 2.24) is 4.98 Å². The van der Waals surface area contributed by atoms with Crippen molar-refractivity contribution in [2.75, 3.05) is 6.61 Å². The topological polar surface area (TPSA) is 42.1 Å². The lowest BCUT2D eigenvalue weighted by molar-refractivity contribution is -0.137. The van der Waals surface area contributed by atoms with E-state index in [1.54, 1.807) is 0 Å². The lowest BCUT2D eigenvalue weighted by Crippen LogP contribution is -2.01. The molecule has 0 amide bonds. The van der Waals surface area contributed by atoms with Crippen molar-refractivity contribution in [2.24, 2.45) is 0 Å². The molecule has 1 aromatic heterocycles. The number of rotatable bonds is 6. The zero-order valence-corrected chi connectivity index (χ0v) is 15.6. The highest BCUT2D eigenvalue weighted by Crippen LogP contribution is 2.32. The van der Waals surface area contributed by atoms with Crippen LogP contribution in [0.4, 0.5) is 0 Å². The van der Waals surface area contributed by atoms with E-state index in [0.717, 1.165) is 40.6 Å². The number of hydrogen-bond acceptors (Lipinski definition) is 2. The molecule has 3 heteroatoms. The second-order valence-corrected chi connectivity index (χ2v) is 6.68. The van der Waals surface area contributed by atoms with Gasteiger partial charge in [0, 0.05) is 22.5 Å². The number of carbonyl (C=O) groups is 1. The van der Waals surface area contributed by atoms with E-state index in [1.807, 2.05) is 6.08 Å². The van der Waals surface area contributed by atoms with Crippen LogP contribution in [0.3, 0.4) is 0 Å². The molecule has 0 radical (unpaired) electrons. The van der Waals surface area contributed by atoms with Gasteiger partial charge in [-0.2, -0.15) is 0 Å². The highest BCUT2D eigenvalue weighted by Gasteiger charge is 2.12. The fraction of sp³-hybridized carbons (Fsp3) is 0.261. The average molecular weight is 347 g/mol. The van der Waals surface area contributed by atoms with Crippen LogP contribution in [-0.4, -0.2) is 17.6 Å². The molecule has 2 aromatic carbocycles. The number of esters is 1. The molecule has 0 fully saturated rings. The van der Waals surface area contributed by atoms with E-state index in [-0.39, 0.29) is 5.97 Å². The average Bonchev–Trinajstić information content (AvgIpc) is 2.98. The number of nitrogens with one attached hydrogen (secondary N) is 1. The van der Waals surface area contributed by atoms with Gasteiger partial charge in [0.1, 0.15) is 0 Å². The van der Waals surface area contributed by atoms with Crippen LogP contribution in [0.2, 0.25) is 0 Å². The number of H-pyrrole nitrogens is 1. The monoisotopic (exact) mass is 347 g/mol. The summed E-state index contributed by atoms with van der Waals surface area (Å²) in [7, 11) is 0. The van der Waals surface area contributed by atoms with Crippen molar-refractivity contribution < 1.29 is 9.53 Å². The van der Waals surface area contributed by atoms with Crippen LogP contribution >= 0.6 is 0 Å². The standard InChI is InChI=1S/C23H25NO2/c1-4-5-14-26-22(25)13-11-19-20-15-17(3)8-12-21(20)24-23(19)18-9-6-16(2)7-10-18/h6-13,15,24H,4-5,14H2,1-3H3/b13-11+. The Bertz CT molecular complexity index is 933. The number of aromatic nitrogens is 1. The maximum Gasteiger partial charge on any atom is 0.330 e. The van der Waals surface area contributed by atoms with Crippen molar-refractivity contribution in [3.8, 4) is 11.3 Å². The number of fused-ring (bicyclic) bond motifs is 1. The minimum atomic E-state index is -0.296. The Morgan fingerprint density at radius 2 is 1.81 bits per heavy atom. The summed E-state index contributed by atoms with van der Waals surface area (Å²) >= 11 is 0. The van der Waals surface area contributed by atoms with Crippen molar-refractivity contribution in [3.63, 3.8) is 0 Å². The molecule has 0 bridgehead atoms. The highest BCUT2D eigenvalue weighted by atomic mass is 16.5. The summed E-state index contributed by atoms with van der Waals surface area (Å²) in [6.07, 6.45) is 5.29. The van der Waals surface area contributed by atoms with E-state index in [0.29, 0.717) is 6.61 Å². The van der Waals surface area contributed by atoms with E-state index >= 15 is 0 Å². The lowest BCUT2D eigenvalue weighted by atomic mass is 10.0. The Kier molecular flexibility index (Phi) is 5.57. The molecule has 0 aliphatic heterocycles. The molecule has 26 heavy (non-hydrogen) atoms. The van der Waals surface area contributed by atoms with Crippen LogP contribution in [-0.2, 0) is 9.53 Å². The Morgan fingerprint density at radius 1 is 1.08 bits per heavy atom. The van der Waals surface area contributed by atoms with Crippen LogP contribution in [0, 0.1) is 13.8 Å². The molecule has 1 heterocycles. The first kappa shape index (κ1) is 18.0. The summed E-state index contributed by atoms with van der Waals surface area (Å²) < 4.78 is 5.24. The van der Waals surface area contributed by atoms with Gasteiger partial charge >= 0.3 is 5.97 Å². The molecule has 3 aromatic rings. The molecule has 3 rings (SSSR count). The predicted molar refractivity (Wildman–Crippen MR) is 108 cm³/mol. The number of aromatic amines is 1. The number of unbranched alkanes of at least 4 members (excludes halogenated alkanes) is 1. The van der Waals surface area contributed by atoms with Crippen molar-refractivity contribution in [3.05, 3.63) is 65.2 Å². The van der Waals surface area contributed by atoms with Crippen LogP contribution < -0.4 is 0 Å². The maximum atomic E-state index is 12.0. The first-order valence-corrected chi connectivity index (χ1v) is 9.12. The van der Waals surface area contributed by atoms with Gasteiger partial charge in [-0.15, -0.1) is 0 Å². The van der Waals surface area contributed by atoms with E-state index in [4.69, 9.17) is 4.74 Å². The zero-order chi connectivity index (χ0) is 18.5. The summed E-state index contributed by atoms with van der Waals surface area (Å²) in [4.78, 5) is 15.5. The lowest BCUT2D eigenvalue weighted by Gasteiger charge is -2.03. The summed E-state index contributed by atoms with van der Waals surface area (Å²) in [6, 6.07) is 14.7. The molecule has 3 nitrogen and oxygen atoms in total. The van der Waals surface area contributed by atoms with Crippen LogP contribution in [0.25, 0.3) is 28.2 Å². The Balaban J connectivity index is 2.00. The zero-order valence-electron chi connectivity index (χ0n) is 15.6. The molecule has 0 spiro atoms. The van der Waals surface area contributed by atoms with Gasteiger partial charge in [0.05, 0.1) is 12.3 Å². The van der Waals surface area contributed by atoms with Gasteiger partial charge in [-0.25, -0.2) is 4.79 Å². The fourth-order valence-electron chi connectivity index (χ4n) is 2.96. The molecule has 0 saturated heterocycles. The second-order valence-electron chi connectivity index (χ2n) is 6.68. The molecular formula is C23H25NO2. The van der Waals surface area contributed by atoms with E-state index in [9.17, 15) is 4.79 Å². The minimum Gasteiger partial charge on any atom is -0.463 e. The molecule has 1 N–H and O–H groups in total. The normalized spacial score (nSPS) is 11.3. The van der Waals surface area contributed by atoms with Gasteiger partial charge in [-0.1, -0.05) is 54.8 Å². The van der Waals surface area contributed by atoms with Gasteiger partial charge in [-0.05, 0) is 44.0 Å². The van der Waals surface area contributed by atoms with E-state index in [2.05, 4.69) is 68.2 Å². The number of ether oxygens (including phenoxy) is 1. The summed E-state index contributed by atoms with van der Waals surface area (Å²) in [5.74, 6) is -0.296. The Morgan fingerprint density at radius 3 is 2.54 bits per heavy atom. The molecule has 0 aliphatic rings. The fourth-order valence-corrected chi connectivity index (χ4v) is 2.96. The summed E-state index contributed by atoms with van der Waals surface area (Å²) in [5, 5.41) is 1.11. The number of carbonyl (C=O) groups excluding carboxylic acids is 1. The Hall–Kier alpha value is -2.81. The molecule has 0 atom stereocenters. The number of hydrogen-bond donors (Lipinski definition) is 1. The van der Waals surface area contributed by atoms with Gasteiger partial charge in [-0.3, -0.25) is 0 Å². The van der Waals surface area contributed by atoms with Crippen LogP contribution in [0.15, 0.2) is 48.5 Å². The molecule has 0 saturated carbocycles. The quantitative estimate of drug-likeness (QED) is 0.347. The van der Waals surface area contributed by atoms with Crippen molar-refractivity contribution in [2.45, 2.75) is 33.6 Å². The smallest absolute Gasteiger partial charge is 0.330 e. The Labute approximate surface area is 154 Å². The largest absolute Gasteiger partial charge is 0.463 e. The van der Waals surface area contributed by atoms with Gasteiger partial charge in [0.2, 0.25) is 0 Å². The third-order valence-electron chi connectivity index (χ3n) is 4.46. The second kappa shape index (κ2) is 8.05. The van der Waals surface area contributed by atoms with Crippen LogP contribution in [0.5, 0.6) is 0 Å². The van der Waals surface area contributed by atoms with Crippen molar-refractivity contribution in [1.29, 1.82) is 0 Å². The SMILES string of the molecule is CCCCOC(=O)/C=C/c1c(-c2ccc(C)cc2)[nH]c2ccc(C)cc12. The molecule has 0 aliphatic carbocycles.